The van der Waals surface area contributed by atoms with Crippen molar-refractivity contribution in [3.63, 3.8) is 0 Å². The fraction of sp³-hybridized carbons (Fsp3) is 0.647. The van der Waals surface area contributed by atoms with Gasteiger partial charge in [0, 0.05) is 23.8 Å². The van der Waals surface area contributed by atoms with Crippen LogP contribution in [0.1, 0.15) is 60.1 Å². The Morgan fingerprint density at radius 3 is 2.57 bits per heavy atom. The van der Waals surface area contributed by atoms with Crippen LogP contribution in [0.2, 0.25) is 0 Å². The number of H-pyrrole nitrogens is 1. The maximum Gasteiger partial charge on any atom is 0.261 e. The lowest BCUT2D eigenvalue weighted by molar-refractivity contribution is 0.0922. The number of hydrogen-bond donors (Lipinski definition) is 3. The average Bonchev–Trinajstić information content (AvgIpc) is 2.85. The molecule has 0 spiro atoms. The molecule has 1 aliphatic carbocycles. The van der Waals surface area contributed by atoms with Gasteiger partial charge < -0.3 is 15.6 Å². The summed E-state index contributed by atoms with van der Waals surface area (Å²) in [5.41, 5.74) is 2.20. The molecule has 2 fully saturated rings. The summed E-state index contributed by atoms with van der Waals surface area (Å²) in [6.07, 6.45) is 8.50. The molecule has 2 atom stereocenters. The van der Waals surface area contributed by atoms with Crippen LogP contribution in [0.5, 0.6) is 0 Å². The molecule has 3 N–H and O–H groups in total. The molecule has 126 valence electrons. The van der Waals surface area contributed by atoms with E-state index >= 15 is 0 Å². The molecule has 4 rings (SSSR count). The van der Waals surface area contributed by atoms with E-state index in [1.54, 1.807) is 0 Å². The first-order chi connectivity index (χ1) is 10.7. The number of carbonyl (C=O) groups excluding carboxylic acids is 1. The molecule has 1 amide bonds. The SMILES string of the molecule is Cl.O=C(NC1CC2CCC(C1)N2)c1cc2c([nH]c1=O)CCCC2. The van der Waals surface area contributed by atoms with Gasteiger partial charge in [-0.2, -0.15) is 0 Å². The third-order valence-electron chi connectivity index (χ3n) is 5.39. The Morgan fingerprint density at radius 1 is 1.13 bits per heavy atom. The van der Waals surface area contributed by atoms with Gasteiger partial charge in [0.05, 0.1) is 0 Å². The van der Waals surface area contributed by atoms with Crippen molar-refractivity contribution in [3.05, 3.63) is 33.2 Å². The van der Waals surface area contributed by atoms with Crippen LogP contribution in [0.25, 0.3) is 0 Å². The second-order valence-corrected chi connectivity index (χ2v) is 7.00. The van der Waals surface area contributed by atoms with Crippen molar-refractivity contribution < 1.29 is 4.79 Å². The highest BCUT2D eigenvalue weighted by Gasteiger charge is 2.34. The second-order valence-electron chi connectivity index (χ2n) is 7.00. The van der Waals surface area contributed by atoms with Crippen LogP contribution < -0.4 is 16.2 Å². The maximum atomic E-state index is 12.5. The number of hydrogen-bond acceptors (Lipinski definition) is 3. The number of nitrogens with one attached hydrogen (secondary N) is 3. The van der Waals surface area contributed by atoms with Crippen molar-refractivity contribution in [2.24, 2.45) is 0 Å². The Balaban J connectivity index is 0.00000156. The molecule has 0 saturated carbocycles. The summed E-state index contributed by atoms with van der Waals surface area (Å²) < 4.78 is 0. The monoisotopic (exact) mass is 337 g/mol. The number of carbonyl (C=O) groups is 1. The van der Waals surface area contributed by atoms with Crippen molar-refractivity contribution in [1.29, 1.82) is 0 Å². The first kappa shape index (κ1) is 16.5. The highest BCUT2D eigenvalue weighted by Crippen LogP contribution is 2.27. The molecular weight excluding hydrogens is 314 g/mol. The van der Waals surface area contributed by atoms with Crippen LogP contribution in [0.3, 0.4) is 0 Å². The van der Waals surface area contributed by atoms with Crippen LogP contribution >= 0.6 is 12.4 Å². The zero-order valence-electron chi connectivity index (χ0n) is 13.2. The van der Waals surface area contributed by atoms with Crippen LogP contribution in [0.15, 0.2) is 10.9 Å². The minimum absolute atomic E-state index is 0. The quantitative estimate of drug-likeness (QED) is 0.769. The number of aromatic amines is 1. The first-order valence-corrected chi connectivity index (χ1v) is 8.51. The average molecular weight is 338 g/mol. The summed E-state index contributed by atoms with van der Waals surface area (Å²) in [5, 5.41) is 6.65. The number of fused-ring (bicyclic) bond motifs is 3. The van der Waals surface area contributed by atoms with Crippen LogP contribution in [-0.2, 0) is 12.8 Å². The summed E-state index contributed by atoms with van der Waals surface area (Å²) in [6, 6.07) is 3.08. The summed E-state index contributed by atoms with van der Waals surface area (Å²) >= 11 is 0. The van der Waals surface area contributed by atoms with Crippen molar-refractivity contribution in [1.82, 2.24) is 15.6 Å². The van der Waals surface area contributed by atoms with Gasteiger partial charge in [-0.05, 0) is 63.0 Å². The van der Waals surface area contributed by atoms with E-state index < -0.39 is 0 Å². The summed E-state index contributed by atoms with van der Waals surface area (Å²) in [7, 11) is 0. The number of amides is 1. The van der Waals surface area contributed by atoms with Gasteiger partial charge in [0.1, 0.15) is 5.56 Å². The van der Waals surface area contributed by atoms with E-state index in [9.17, 15) is 9.59 Å². The fourth-order valence-corrected chi connectivity index (χ4v) is 4.28. The van der Waals surface area contributed by atoms with Crippen LogP contribution in [0, 0.1) is 0 Å². The minimum Gasteiger partial charge on any atom is -0.349 e. The molecule has 6 heteroatoms. The van der Waals surface area contributed by atoms with Gasteiger partial charge in [-0.15, -0.1) is 12.4 Å². The van der Waals surface area contributed by atoms with Gasteiger partial charge in [0.25, 0.3) is 11.5 Å². The van der Waals surface area contributed by atoms with Crippen LogP contribution in [-0.4, -0.2) is 29.0 Å². The Morgan fingerprint density at radius 2 is 1.83 bits per heavy atom. The molecule has 5 nitrogen and oxygen atoms in total. The van der Waals surface area contributed by atoms with Crippen molar-refractivity contribution >= 4 is 18.3 Å². The van der Waals surface area contributed by atoms with Gasteiger partial charge in [-0.25, -0.2) is 0 Å². The highest BCUT2D eigenvalue weighted by atomic mass is 35.5. The van der Waals surface area contributed by atoms with E-state index in [2.05, 4.69) is 15.6 Å². The topological polar surface area (TPSA) is 74.0 Å². The van der Waals surface area contributed by atoms with Gasteiger partial charge >= 0.3 is 0 Å². The van der Waals surface area contributed by atoms with Gasteiger partial charge in [0.2, 0.25) is 0 Å². The molecule has 2 saturated heterocycles. The Bertz CT molecular complexity index is 646. The fourth-order valence-electron chi connectivity index (χ4n) is 4.28. The Hall–Kier alpha value is -1.33. The first-order valence-electron chi connectivity index (χ1n) is 8.51. The molecule has 0 aromatic carbocycles. The number of aryl methyl sites for hydroxylation is 2. The predicted molar refractivity (Wildman–Crippen MR) is 91.4 cm³/mol. The highest BCUT2D eigenvalue weighted by molar-refractivity contribution is 5.94. The molecule has 1 aromatic heterocycles. The largest absolute Gasteiger partial charge is 0.349 e. The summed E-state index contributed by atoms with van der Waals surface area (Å²) in [4.78, 5) is 27.6. The lowest BCUT2D eigenvalue weighted by atomic mass is 9.94. The number of pyridine rings is 1. The summed E-state index contributed by atoms with van der Waals surface area (Å²) in [6.45, 7) is 0. The lowest BCUT2D eigenvalue weighted by Crippen LogP contribution is -2.48. The summed E-state index contributed by atoms with van der Waals surface area (Å²) in [5.74, 6) is -0.207. The van der Waals surface area contributed by atoms with E-state index in [1.807, 2.05) is 6.07 Å². The Kier molecular flexibility index (Phi) is 4.78. The normalized spacial score (nSPS) is 28.6. The molecule has 3 heterocycles. The smallest absolute Gasteiger partial charge is 0.261 e. The molecule has 23 heavy (non-hydrogen) atoms. The molecular formula is C17H24ClN3O2. The number of halogens is 1. The third-order valence-corrected chi connectivity index (χ3v) is 5.39. The third kappa shape index (κ3) is 3.31. The second kappa shape index (κ2) is 6.65. The zero-order chi connectivity index (χ0) is 15.1. The van der Waals surface area contributed by atoms with E-state index in [4.69, 9.17) is 0 Å². The number of piperidine rings is 1. The van der Waals surface area contributed by atoms with E-state index in [0.29, 0.717) is 12.1 Å². The van der Waals surface area contributed by atoms with E-state index in [-0.39, 0.29) is 35.5 Å². The van der Waals surface area contributed by atoms with Gasteiger partial charge in [-0.3, -0.25) is 9.59 Å². The van der Waals surface area contributed by atoms with Gasteiger partial charge in [-0.1, -0.05) is 0 Å². The van der Waals surface area contributed by atoms with E-state index in [1.165, 1.54) is 12.8 Å². The molecule has 2 aliphatic heterocycles. The van der Waals surface area contributed by atoms with Crippen LogP contribution in [0.4, 0.5) is 0 Å². The molecule has 1 aromatic rings. The molecule has 3 aliphatic rings. The van der Waals surface area contributed by atoms with Crippen molar-refractivity contribution in [2.45, 2.75) is 69.5 Å². The number of aromatic nitrogens is 1. The van der Waals surface area contributed by atoms with Crippen molar-refractivity contribution in [3.8, 4) is 0 Å². The molecule has 2 bridgehead atoms. The zero-order valence-corrected chi connectivity index (χ0v) is 14.0. The maximum absolute atomic E-state index is 12.5. The predicted octanol–water partition coefficient (Wildman–Crippen LogP) is 1.69. The van der Waals surface area contributed by atoms with Gasteiger partial charge in [0.15, 0.2) is 0 Å². The minimum atomic E-state index is -0.241. The molecule has 2 unspecified atom stereocenters. The van der Waals surface area contributed by atoms with Crippen molar-refractivity contribution in [2.75, 3.05) is 0 Å². The molecule has 0 radical (unpaired) electrons. The standard InChI is InChI=1S/C17H23N3O2.ClH/c21-16(19-13-8-11-5-6-12(9-13)18-11)14-7-10-3-1-2-4-15(10)20-17(14)22;/h7,11-13,18H,1-6,8-9H2,(H,19,21)(H,20,22);1H. The lowest BCUT2D eigenvalue weighted by Gasteiger charge is -2.29. The van der Waals surface area contributed by atoms with E-state index in [0.717, 1.165) is 49.8 Å². The number of rotatable bonds is 2. The Labute approximate surface area is 142 Å².